The van der Waals surface area contributed by atoms with Crippen LogP contribution in [0.2, 0.25) is 0 Å². The summed E-state index contributed by atoms with van der Waals surface area (Å²) in [5, 5.41) is 2.87. The van der Waals surface area contributed by atoms with E-state index in [2.05, 4.69) is 15.3 Å². The van der Waals surface area contributed by atoms with Crippen LogP contribution < -0.4 is 5.32 Å². The average Bonchev–Trinajstić information content (AvgIpc) is 2.83. The maximum absolute atomic E-state index is 11.7. The van der Waals surface area contributed by atoms with Gasteiger partial charge < -0.3 is 10.3 Å². The van der Waals surface area contributed by atoms with E-state index in [9.17, 15) is 4.79 Å². The smallest absolute Gasteiger partial charge is 0.268 e. The highest BCUT2D eigenvalue weighted by Gasteiger charge is 2.11. The van der Waals surface area contributed by atoms with Crippen LogP contribution in [-0.2, 0) is 0 Å². The van der Waals surface area contributed by atoms with Crippen LogP contribution in [-0.4, -0.2) is 15.9 Å². The van der Waals surface area contributed by atoms with Crippen LogP contribution in [0.15, 0.2) is 42.7 Å². The van der Waals surface area contributed by atoms with Crippen LogP contribution >= 0.6 is 0 Å². The number of nitrogens with one attached hydrogen (secondary N) is 2. The van der Waals surface area contributed by atoms with Gasteiger partial charge in [-0.25, -0.2) is 0 Å². The topological polar surface area (TPSA) is 57.8 Å². The van der Waals surface area contributed by atoms with Gasteiger partial charge in [0.25, 0.3) is 5.91 Å². The fourth-order valence-electron chi connectivity index (χ4n) is 1.45. The van der Waals surface area contributed by atoms with E-state index in [1.807, 2.05) is 25.1 Å². The zero-order valence-electron chi connectivity index (χ0n) is 8.97. The molecular weight excluding hydrogens is 202 g/mol. The van der Waals surface area contributed by atoms with Crippen molar-refractivity contribution in [3.63, 3.8) is 0 Å². The molecule has 0 spiro atoms. The van der Waals surface area contributed by atoms with Crippen molar-refractivity contribution in [3.05, 3.63) is 54.1 Å². The fraction of sp³-hybridized carbons (Fsp3) is 0.167. The summed E-state index contributed by atoms with van der Waals surface area (Å²) in [7, 11) is 0. The molecule has 2 aromatic rings. The summed E-state index contributed by atoms with van der Waals surface area (Å²) in [6.45, 7) is 1.91. The number of aromatic amines is 1. The first-order valence-electron chi connectivity index (χ1n) is 5.12. The minimum Gasteiger partial charge on any atom is -0.357 e. The van der Waals surface area contributed by atoms with Crippen molar-refractivity contribution < 1.29 is 4.79 Å². The van der Waals surface area contributed by atoms with E-state index in [1.54, 1.807) is 24.5 Å². The van der Waals surface area contributed by atoms with Crippen molar-refractivity contribution in [1.82, 2.24) is 15.3 Å². The molecule has 1 amide bonds. The van der Waals surface area contributed by atoms with E-state index in [1.165, 1.54) is 0 Å². The van der Waals surface area contributed by atoms with Gasteiger partial charge >= 0.3 is 0 Å². The molecule has 16 heavy (non-hydrogen) atoms. The lowest BCUT2D eigenvalue weighted by molar-refractivity contribution is 0.0934. The lowest BCUT2D eigenvalue weighted by atomic mass is 10.2. The largest absolute Gasteiger partial charge is 0.357 e. The van der Waals surface area contributed by atoms with Gasteiger partial charge in [0.1, 0.15) is 5.69 Å². The van der Waals surface area contributed by atoms with E-state index >= 15 is 0 Å². The van der Waals surface area contributed by atoms with E-state index in [0.29, 0.717) is 5.69 Å². The Bertz CT molecular complexity index is 450. The Morgan fingerprint density at radius 2 is 2.25 bits per heavy atom. The second kappa shape index (κ2) is 4.61. The molecule has 82 valence electrons. The van der Waals surface area contributed by atoms with Crippen molar-refractivity contribution in [2.45, 2.75) is 13.0 Å². The normalized spacial score (nSPS) is 12.1. The molecule has 0 aromatic carbocycles. The summed E-state index contributed by atoms with van der Waals surface area (Å²) in [4.78, 5) is 18.8. The molecule has 0 fully saturated rings. The summed E-state index contributed by atoms with van der Waals surface area (Å²) in [6.07, 6.45) is 3.44. The Morgan fingerprint density at radius 3 is 2.88 bits per heavy atom. The zero-order valence-corrected chi connectivity index (χ0v) is 8.97. The quantitative estimate of drug-likeness (QED) is 0.821. The number of pyridine rings is 1. The molecule has 2 rings (SSSR count). The van der Waals surface area contributed by atoms with E-state index in [0.717, 1.165) is 5.69 Å². The van der Waals surface area contributed by atoms with Crippen LogP contribution in [0.5, 0.6) is 0 Å². The third-order valence-electron chi connectivity index (χ3n) is 2.32. The molecule has 4 nitrogen and oxygen atoms in total. The summed E-state index contributed by atoms with van der Waals surface area (Å²) in [5.41, 5.74) is 1.41. The van der Waals surface area contributed by atoms with Gasteiger partial charge in [0.05, 0.1) is 11.7 Å². The number of rotatable bonds is 3. The Morgan fingerprint density at radius 1 is 1.38 bits per heavy atom. The molecule has 0 radical (unpaired) electrons. The van der Waals surface area contributed by atoms with Crippen molar-refractivity contribution in [2.75, 3.05) is 0 Å². The van der Waals surface area contributed by atoms with Crippen LogP contribution in [0.4, 0.5) is 0 Å². The van der Waals surface area contributed by atoms with Crippen LogP contribution in [0.3, 0.4) is 0 Å². The molecule has 0 aliphatic heterocycles. The minimum absolute atomic E-state index is 0.100. The molecule has 2 aromatic heterocycles. The first-order chi connectivity index (χ1) is 7.77. The van der Waals surface area contributed by atoms with Crippen LogP contribution in [0.25, 0.3) is 0 Å². The third-order valence-corrected chi connectivity index (χ3v) is 2.32. The number of H-pyrrole nitrogens is 1. The molecule has 0 saturated carbocycles. The van der Waals surface area contributed by atoms with Gasteiger partial charge in [-0.15, -0.1) is 0 Å². The SMILES string of the molecule is C[C@H](NC(=O)c1ccc[nH]1)c1ccccn1. The highest BCUT2D eigenvalue weighted by atomic mass is 16.1. The average molecular weight is 215 g/mol. The third kappa shape index (κ3) is 2.28. The number of aromatic nitrogens is 2. The highest BCUT2D eigenvalue weighted by Crippen LogP contribution is 2.08. The summed E-state index contributed by atoms with van der Waals surface area (Å²) in [5.74, 6) is -0.122. The van der Waals surface area contributed by atoms with Gasteiger partial charge in [-0.05, 0) is 31.2 Å². The number of hydrogen-bond donors (Lipinski definition) is 2. The maximum atomic E-state index is 11.7. The lowest BCUT2D eigenvalue weighted by Crippen LogP contribution is -2.27. The Balaban J connectivity index is 2.03. The van der Waals surface area contributed by atoms with Gasteiger partial charge in [0.15, 0.2) is 0 Å². The number of carbonyl (C=O) groups excluding carboxylic acids is 1. The van der Waals surface area contributed by atoms with Crippen molar-refractivity contribution in [1.29, 1.82) is 0 Å². The molecule has 1 atom stereocenters. The maximum Gasteiger partial charge on any atom is 0.268 e. The molecule has 2 N–H and O–H groups in total. The number of carbonyl (C=O) groups is 1. The second-order valence-corrected chi connectivity index (χ2v) is 3.53. The molecule has 0 aliphatic rings. The predicted octanol–water partition coefficient (Wildman–Crippen LogP) is 1.90. The lowest BCUT2D eigenvalue weighted by Gasteiger charge is -2.12. The van der Waals surface area contributed by atoms with Gasteiger partial charge in [-0.2, -0.15) is 0 Å². The molecule has 2 heterocycles. The van der Waals surface area contributed by atoms with Crippen molar-refractivity contribution in [2.24, 2.45) is 0 Å². The molecule has 0 unspecified atom stereocenters. The predicted molar refractivity (Wildman–Crippen MR) is 60.9 cm³/mol. The minimum atomic E-state index is -0.122. The summed E-state index contributed by atoms with van der Waals surface area (Å²) >= 11 is 0. The molecule has 0 saturated heterocycles. The first kappa shape index (κ1) is 10.4. The first-order valence-corrected chi connectivity index (χ1v) is 5.12. The van der Waals surface area contributed by atoms with Gasteiger partial charge in [-0.1, -0.05) is 6.07 Å². The fourth-order valence-corrected chi connectivity index (χ4v) is 1.45. The standard InChI is InChI=1S/C12H13N3O/c1-9(10-5-2-3-7-13-10)15-12(16)11-6-4-8-14-11/h2-9,14H,1H3,(H,15,16)/t9-/m0/s1. The number of nitrogens with zero attached hydrogens (tertiary/aromatic N) is 1. The highest BCUT2D eigenvalue weighted by molar-refractivity contribution is 5.92. The van der Waals surface area contributed by atoms with Crippen LogP contribution in [0, 0.1) is 0 Å². The Kier molecular flexibility index (Phi) is 3.00. The Labute approximate surface area is 93.7 Å². The second-order valence-electron chi connectivity index (χ2n) is 3.53. The zero-order chi connectivity index (χ0) is 11.4. The monoisotopic (exact) mass is 215 g/mol. The van der Waals surface area contributed by atoms with Crippen molar-refractivity contribution in [3.8, 4) is 0 Å². The van der Waals surface area contributed by atoms with E-state index < -0.39 is 0 Å². The van der Waals surface area contributed by atoms with Gasteiger partial charge in [-0.3, -0.25) is 9.78 Å². The van der Waals surface area contributed by atoms with E-state index in [-0.39, 0.29) is 11.9 Å². The number of amides is 1. The molecule has 0 bridgehead atoms. The van der Waals surface area contributed by atoms with E-state index in [4.69, 9.17) is 0 Å². The number of hydrogen-bond acceptors (Lipinski definition) is 2. The van der Waals surface area contributed by atoms with Gasteiger partial charge in [0, 0.05) is 12.4 Å². The summed E-state index contributed by atoms with van der Waals surface area (Å²) in [6, 6.07) is 9.07. The molecule has 0 aliphatic carbocycles. The van der Waals surface area contributed by atoms with Gasteiger partial charge in [0.2, 0.25) is 0 Å². The Hall–Kier alpha value is -2.10. The van der Waals surface area contributed by atoms with Crippen LogP contribution in [0.1, 0.15) is 29.1 Å². The molecular formula is C12H13N3O. The molecule has 4 heteroatoms. The summed E-state index contributed by atoms with van der Waals surface area (Å²) < 4.78 is 0. The van der Waals surface area contributed by atoms with Crippen molar-refractivity contribution >= 4 is 5.91 Å².